The van der Waals surface area contributed by atoms with Crippen LogP contribution in [-0.4, -0.2) is 13.4 Å². The summed E-state index contributed by atoms with van der Waals surface area (Å²) in [4.78, 5) is 3.71. The highest BCUT2D eigenvalue weighted by molar-refractivity contribution is 7.89. The van der Waals surface area contributed by atoms with Gasteiger partial charge in [-0.1, -0.05) is 12.1 Å². The molecule has 0 aliphatic heterocycles. The second-order valence-electron chi connectivity index (χ2n) is 4.00. The molecular formula is C12H9F3N2O2S. The molecule has 0 atom stereocenters. The lowest BCUT2D eigenvalue weighted by Gasteiger charge is -2.07. The van der Waals surface area contributed by atoms with Gasteiger partial charge >= 0.3 is 6.18 Å². The summed E-state index contributed by atoms with van der Waals surface area (Å²) >= 11 is 0. The second-order valence-corrected chi connectivity index (χ2v) is 5.56. The van der Waals surface area contributed by atoms with Gasteiger partial charge in [0, 0.05) is 11.8 Å². The molecule has 4 nitrogen and oxygen atoms in total. The van der Waals surface area contributed by atoms with Crippen molar-refractivity contribution in [1.29, 1.82) is 0 Å². The minimum atomic E-state index is -4.40. The third kappa shape index (κ3) is 3.14. The van der Waals surface area contributed by atoms with Gasteiger partial charge in [0.15, 0.2) is 0 Å². The Kier molecular flexibility index (Phi) is 3.53. The zero-order chi connectivity index (χ0) is 15.0. The maximum Gasteiger partial charge on any atom is 0.416 e. The number of primary sulfonamides is 1. The van der Waals surface area contributed by atoms with Gasteiger partial charge in [-0.05, 0) is 24.3 Å². The number of sulfonamides is 1. The molecule has 0 spiro atoms. The number of rotatable bonds is 2. The lowest BCUT2D eigenvalue weighted by Crippen LogP contribution is -2.12. The van der Waals surface area contributed by atoms with Gasteiger partial charge in [0.2, 0.25) is 10.0 Å². The summed E-state index contributed by atoms with van der Waals surface area (Å²) in [5.41, 5.74) is 0.0347. The van der Waals surface area contributed by atoms with Gasteiger partial charge in [-0.15, -0.1) is 0 Å². The Bertz CT molecular complexity index is 708. The van der Waals surface area contributed by atoms with E-state index in [-0.39, 0.29) is 4.90 Å². The van der Waals surface area contributed by atoms with Gasteiger partial charge < -0.3 is 0 Å². The summed E-state index contributed by atoms with van der Waals surface area (Å²) in [5, 5.41) is 4.92. The first-order chi connectivity index (χ1) is 9.18. The maximum absolute atomic E-state index is 12.4. The van der Waals surface area contributed by atoms with E-state index in [9.17, 15) is 21.6 Å². The molecule has 2 aromatic rings. The summed E-state index contributed by atoms with van der Waals surface area (Å²) in [6.07, 6.45) is -3.34. The van der Waals surface area contributed by atoms with Crippen LogP contribution in [0.3, 0.4) is 0 Å². The zero-order valence-electron chi connectivity index (χ0n) is 9.92. The third-order valence-corrected chi connectivity index (χ3v) is 3.47. The lowest BCUT2D eigenvalue weighted by molar-refractivity contribution is -0.137. The monoisotopic (exact) mass is 302 g/mol. The van der Waals surface area contributed by atoms with E-state index in [2.05, 4.69) is 4.98 Å². The lowest BCUT2D eigenvalue weighted by atomic mass is 10.1. The average Bonchev–Trinajstić information content (AvgIpc) is 2.37. The number of halogens is 3. The summed E-state index contributed by atoms with van der Waals surface area (Å²) in [7, 11) is -3.84. The van der Waals surface area contributed by atoms with Crippen LogP contribution in [0, 0.1) is 0 Å². The van der Waals surface area contributed by atoms with Crippen LogP contribution in [0.5, 0.6) is 0 Å². The molecule has 0 amide bonds. The predicted octanol–water partition coefficient (Wildman–Crippen LogP) is 2.41. The number of nitrogens with two attached hydrogens (primary N) is 1. The van der Waals surface area contributed by atoms with Crippen LogP contribution >= 0.6 is 0 Å². The number of benzene rings is 1. The predicted molar refractivity (Wildman–Crippen MR) is 66.0 cm³/mol. The molecular weight excluding hydrogens is 293 g/mol. The summed E-state index contributed by atoms with van der Waals surface area (Å²) in [6, 6.07) is 7.02. The molecule has 0 aliphatic rings. The normalized spacial score (nSPS) is 12.4. The number of pyridine rings is 1. The largest absolute Gasteiger partial charge is 0.416 e. The molecule has 0 unspecified atom stereocenters. The molecule has 2 rings (SSSR count). The number of nitrogens with zero attached hydrogens (tertiary/aromatic N) is 1. The Morgan fingerprint density at radius 2 is 1.60 bits per heavy atom. The minimum Gasteiger partial charge on any atom is -0.255 e. The van der Waals surface area contributed by atoms with E-state index in [1.54, 1.807) is 0 Å². The van der Waals surface area contributed by atoms with Crippen LogP contribution in [0.25, 0.3) is 11.3 Å². The van der Waals surface area contributed by atoms with E-state index < -0.39 is 21.8 Å². The van der Waals surface area contributed by atoms with Crippen molar-refractivity contribution in [2.45, 2.75) is 11.1 Å². The van der Waals surface area contributed by atoms with Crippen molar-refractivity contribution < 1.29 is 21.6 Å². The van der Waals surface area contributed by atoms with E-state index in [0.29, 0.717) is 11.3 Å². The molecule has 0 fully saturated rings. The van der Waals surface area contributed by atoms with Crippen molar-refractivity contribution in [1.82, 2.24) is 4.98 Å². The Morgan fingerprint density at radius 3 is 2.00 bits per heavy atom. The fraction of sp³-hybridized carbons (Fsp3) is 0.0833. The second kappa shape index (κ2) is 4.88. The highest BCUT2D eigenvalue weighted by Gasteiger charge is 2.29. The van der Waals surface area contributed by atoms with Crippen LogP contribution in [0.1, 0.15) is 5.56 Å². The summed E-state index contributed by atoms with van der Waals surface area (Å²) in [5.74, 6) is 0. The van der Waals surface area contributed by atoms with Crippen molar-refractivity contribution in [2.24, 2.45) is 5.14 Å². The molecule has 0 radical (unpaired) electrons. The van der Waals surface area contributed by atoms with Gasteiger partial charge in [0.1, 0.15) is 4.90 Å². The maximum atomic E-state index is 12.4. The Hall–Kier alpha value is -1.93. The fourth-order valence-electron chi connectivity index (χ4n) is 1.55. The fourth-order valence-corrected chi connectivity index (χ4v) is 2.01. The molecule has 2 N–H and O–H groups in total. The molecule has 20 heavy (non-hydrogen) atoms. The first-order valence-electron chi connectivity index (χ1n) is 5.34. The Balaban J connectivity index is 2.33. The van der Waals surface area contributed by atoms with Crippen molar-refractivity contribution >= 4 is 10.0 Å². The quantitative estimate of drug-likeness (QED) is 0.926. The first-order valence-corrected chi connectivity index (χ1v) is 6.89. The Morgan fingerprint density at radius 1 is 1.00 bits per heavy atom. The number of hydrogen-bond donors (Lipinski definition) is 1. The van der Waals surface area contributed by atoms with Crippen molar-refractivity contribution in [3.05, 3.63) is 48.2 Å². The standard InChI is InChI=1S/C12H9F3N2O2S/c13-12(14,15)9-3-1-8(2-4-9)11-6-5-10(7-17-11)20(16,18)19/h1-7H,(H2,16,18,19). The molecule has 1 aromatic heterocycles. The molecule has 0 saturated heterocycles. The molecule has 8 heteroatoms. The molecule has 0 aliphatic carbocycles. The van der Waals surface area contributed by atoms with Gasteiger partial charge in [-0.3, -0.25) is 4.98 Å². The third-order valence-electron chi connectivity index (χ3n) is 2.57. The zero-order valence-corrected chi connectivity index (χ0v) is 10.7. The Labute approximate surface area is 113 Å². The van der Waals surface area contributed by atoms with Crippen molar-refractivity contribution in [2.75, 3.05) is 0 Å². The molecule has 0 saturated carbocycles. The van der Waals surface area contributed by atoms with Gasteiger partial charge in [0.05, 0.1) is 11.3 Å². The van der Waals surface area contributed by atoms with Gasteiger partial charge in [0.25, 0.3) is 0 Å². The van der Waals surface area contributed by atoms with Crippen LogP contribution in [-0.2, 0) is 16.2 Å². The molecule has 1 aromatic carbocycles. The van der Waals surface area contributed by atoms with Crippen LogP contribution in [0.4, 0.5) is 13.2 Å². The van der Waals surface area contributed by atoms with E-state index in [4.69, 9.17) is 5.14 Å². The number of alkyl halides is 3. The molecule has 1 heterocycles. The van der Waals surface area contributed by atoms with Crippen LogP contribution in [0.2, 0.25) is 0 Å². The van der Waals surface area contributed by atoms with Gasteiger partial charge in [-0.2, -0.15) is 13.2 Å². The number of aromatic nitrogens is 1. The molecule has 0 bridgehead atoms. The van der Waals surface area contributed by atoms with Gasteiger partial charge in [-0.25, -0.2) is 13.6 Å². The van der Waals surface area contributed by atoms with Crippen LogP contribution < -0.4 is 5.14 Å². The SMILES string of the molecule is NS(=O)(=O)c1ccc(-c2ccc(C(F)(F)F)cc2)nc1. The summed E-state index contributed by atoms with van der Waals surface area (Å²) in [6.45, 7) is 0. The van der Waals surface area contributed by atoms with Crippen molar-refractivity contribution in [3.63, 3.8) is 0 Å². The van der Waals surface area contributed by atoms with Crippen molar-refractivity contribution in [3.8, 4) is 11.3 Å². The van der Waals surface area contributed by atoms with Crippen LogP contribution in [0.15, 0.2) is 47.5 Å². The van der Waals surface area contributed by atoms with E-state index in [0.717, 1.165) is 18.3 Å². The minimum absolute atomic E-state index is 0.159. The van der Waals surface area contributed by atoms with E-state index in [1.807, 2.05) is 0 Å². The van der Waals surface area contributed by atoms with E-state index in [1.165, 1.54) is 24.3 Å². The molecule has 106 valence electrons. The number of hydrogen-bond acceptors (Lipinski definition) is 3. The van der Waals surface area contributed by atoms with E-state index >= 15 is 0 Å². The highest BCUT2D eigenvalue weighted by atomic mass is 32.2. The highest BCUT2D eigenvalue weighted by Crippen LogP contribution is 2.30. The first kappa shape index (κ1) is 14.5. The smallest absolute Gasteiger partial charge is 0.255 e. The summed E-state index contributed by atoms with van der Waals surface area (Å²) < 4.78 is 59.3. The topological polar surface area (TPSA) is 73.1 Å². The average molecular weight is 302 g/mol.